The highest BCUT2D eigenvalue weighted by Crippen LogP contribution is 2.09. The molecule has 1 aromatic rings. The van der Waals surface area contributed by atoms with Gasteiger partial charge in [0.05, 0.1) is 6.54 Å². The Bertz CT molecular complexity index is 278. The molecule has 0 bridgehead atoms. The molecule has 1 rings (SSSR count). The van der Waals surface area contributed by atoms with Crippen LogP contribution in [0.1, 0.15) is 71.0 Å². The summed E-state index contributed by atoms with van der Waals surface area (Å²) >= 11 is 0. The molecule has 0 amide bonds. The maximum atomic E-state index is 3.34. The van der Waals surface area contributed by atoms with Gasteiger partial charge in [-0.1, -0.05) is 51.9 Å². The summed E-state index contributed by atoms with van der Waals surface area (Å²) in [6.07, 6.45) is 16.6. The number of nitrogens with zero attached hydrogens (tertiary/aromatic N) is 1. The molecule has 98 valence electrons. The third-order valence-electron chi connectivity index (χ3n) is 3.46. The van der Waals surface area contributed by atoms with Crippen molar-refractivity contribution in [2.45, 2.75) is 78.2 Å². The lowest BCUT2D eigenvalue weighted by atomic mass is 10.1. The Labute approximate surface area is 106 Å². The fourth-order valence-electron chi connectivity index (χ4n) is 2.33. The van der Waals surface area contributed by atoms with E-state index in [-0.39, 0.29) is 0 Å². The van der Waals surface area contributed by atoms with Gasteiger partial charge in [-0.3, -0.25) is 0 Å². The minimum absolute atomic E-state index is 1.08. The molecule has 2 heteroatoms. The largest absolute Gasteiger partial charge is 0.254 e. The number of hydrogen-bond acceptors (Lipinski definition) is 0. The van der Waals surface area contributed by atoms with E-state index in [1.165, 1.54) is 63.6 Å². The molecule has 0 radical (unpaired) electrons. The molecule has 0 aromatic carbocycles. The molecule has 0 saturated heterocycles. The molecular weight excluding hydrogens is 208 g/mol. The summed E-state index contributed by atoms with van der Waals surface area (Å²) in [7, 11) is 0. The molecule has 2 nitrogen and oxygen atoms in total. The summed E-state index contributed by atoms with van der Waals surface area (Å²) in [6.45, 7) is 5.56. The van der Waals surface area contributed by atoms with Gasteiger partial charge in [0.25, 0.3) is 5.82 Å². The van der Waals surface area contributed by atoms with Crippen LogP contribution >= 0.6 is 0 Å². The van der Waals surface area contributed by atoms with Gasteiger partial charge in [-0.15, -0.1) is 0 Å². The third-order valence-corrected chi connectivity index (χ3v) is 3.46. The molecule has 0 saturated carbocycles. The van der Waals surface area contributed by atoms with Crippen LogP contribution in [-0.4, -0.2) is 4.98 Å². The Hall–Kier alpha value is -0.790. The maximum Gasteiger partial charge on any atom is 0.254 e. The fraction of sp³-hybridized carbons (Fsp3) is 0.800. The standard InChI is InChI=1S/C15H28N2/c1-3-5-6-7-8-9-10-11-12-15-16-13-14-17(15)4-2/h13-14H,3-12H2,1-2H3/p+1. The van der Waals surface area contributed by atoms with Gasteiger partial charge in [-0.25, -0.2) is 9.55 Å². The average Bonchev–Trinajstić information content (AvgIpc) is 2.80. The number of aromatic nitrogens is 2. The number of nitrogens with one attached hydrogen (secondary N) is 1. The highest BCUT2D eigenvalue weighted by molar-refractivity contribution is 4.77. The molecule has 1 N–H and O–H groups in total. The summed E-state index contributed by atoms with van der Waals surface area (Å²) in [4.78, 5) is 3.34. The zero-order chi connectivity index (χ0) is 12.3. The van der Waals surface area contributed by atoms with E-state index >= 15 is 0 Å². The van der Waals surface area contributed by atoms with Crippen LogP contribution in [0.4, 0.5) is 0 Å². The molecule has 0 aliphatic carbocycles. The van der Waals surface area contributed by atoms with Crippen molar-refractivity contribution in [2.75, 3.05) is 0 Å². The predicted molar refractivity (Wildman–Crippen MR) is 73.0 cm³/mol. The fourth-order valence-corrected chi connectivity index (χ4v) is 2.33. The van der Waals surface area contributed by atoms with Crippen LogP contribution in [0.2, 0.25) is 0 Å². The summed E-state index contributed by atoms with van der Waals surface area (Å²) < 4.78 is 2.31. The van der Waals surface area contributed by atoms with Crippen LogP contribution in [0.5, 0.6) is 0 Å². The Balaban J connectivity index is 1.97. The number of rotatable bonds is 10. The molecule has 0 aliphatic heterocycles. The molecular formula is C15H29N2+. The quantitative estimate of drug-likeness (QED) is 0.469. The second kappa shape index (κ2) is 9.26. The maximum absolute atomic E-state index is 3.34. The van der Waals surface area contributed by atoms with E-state index in [2.05, 4.69) is 29.6 Å². The van der Waals surface area contributed by atoms with Crippen molar-refractivity contribution in [2.24, 2.45) is 0 Å². The summed E-state index contributed by atoms with van der Waals surface area (Å²) in [5.41, 5.74) is 0. The molecule has 0 spiro atoms. The molecule has 0 aliphatic rings. The van der Waals surface area contributed by atoms with Gasteiger partial charge in [0.15, 0.2) is 0 Å². The molecule has 0 unspecified atom stereocenters. The van der Waals surface area contributed by atoms with E-state index in [4.69, 9.17) is 0 Å². The number of imidazole rings is 1. The molecule has 0 atom stereocenters. The highest BCUT2D eigenvalue weighted by Gasteiger charge is 2.07. The van der Waals surface area contributed by atoms with Crippen LogP contribution in [0, 0.1) is 0 Å². The topological polar surface area (TPSA) is 19.7 Å². The van der Waals surface area contributed by atoms with E-state index in [0.717, 1.165) is 6.54 Å². The van der Waals surface area contributed by atoms with Gasteiger partial charge in [-0.05, 0) is 13.3 Å². The second-order valence-corrected chi connectivity index (χ2v) is 4.92. The minimum atomic E-state index is 1.08. The van der Waals surface area contributed by atoms with Gasteiger partial charge in [0, 0.05) is 6.42 Å². The van der Waals surface area contributed by atoms with Gasteiger partial charge in [-0.2, -0.15) is 0 Å². The predicted octanol–water partition coefficient (Wildman–Crippen LogP) is 4.01. The number of aromatic amines is 1. The zero-order valence-corrected chi connectivity index (χ0v) is 11.7. The molecule has 1 heterocycles. The zero-order valence-electron chi connectivity index (χ0n) is 11.7. The van der Waals surface area contributed by atoms with Crippen molar-refractivity contribution in [3.8, 4) is 0 Å². The number of unbranched alkanes of at least 4 members (excludes halogenated alkanes) is 7. The van der Waals surface area contributed by atoms with E-state index in [0.29, 0.717) is 0 Å². The van der Waals surface area contributed by atoms with Crippen molar-refractivity contribution < 1.29 is 4.57 Å². The van der Waals surface area contributed by atoms with Gasteiger partial charge in [0.2, 0.25) is 0 Å². The third kappa shape index (κ3) is 5.90. The highest BCUT2D eigenvalue weighted by atomic mass is 15.0. The van der Waals surface area contributed by atoms with Gasteiger partial charge < -0.3 is 0 Å². The van der Waals surface area contributed by atoms with Crippen molar-refractivity contribution in [3.63, 3.8) is 0 Å². The van der Waals surface area contributed by atoms with Crippen LogP contribution in [0.3, 0.4) is 0 Å². The first-order chi connectivity index (χ1) is 8.38. The molecule has 17 heavy (non-hydrogen) atoms. The second-order valence-electron chi connectivity index (χ2n) is 4.92. The molecule has 1 aromatic heterocycles. The Kier molecular flexibility index (Phi) is 7.78. The lowest BCUT2D eigenvalue weighted by molar-refractivity contribution is -0.699. The Morgan fingerprint density at radius 1 is 0.941 bits per heavy atom. The van der Waals surface area contributed by atoms with Crippen LogP contribution in [0.15, 0.2) is 12.4 Å². The monoisotopic (exact) mass is 237 g/mol. The normalized spacial score (nSPS) is 10.9. The summed E-state index contributed by atoms with van der Waals surface area (Å²) in [5.74, 6) is 1.39. The minimum Gasteiger partial charge on any atom is -0.248 e. The van der Waals surface area contributed by atoms with E-state index < -0.39 is 0 Å². The van der Waals surface area contributed by atoms with Crippen molar-refractivity contribution in [1.29, 1.82) is 0 Å². The first-order valence-corrected chi connectivity index (χ1v) is 7.44. The molecule has 0 fully saturated rings. The summed E-state index contributed by atoms with van der Waals surface area (Å²) in [6, 6.07) is 0. The van der Waals surface area contributed by atoms with Gasteiger partial charge in [0.1, 0.15) is 12.4 Å². The number of aryl methyl sites for hydroxylation is 2. The first kappa shape index (κ1) is 14.3. The van der Waals surface area contributed by atoms with E-state index in [9.17, 15) is 0 Å². The first-order valence-electron chi connectivity index (χ1n) is 7.44. The van der Waals surface area contributed by atoms with Crippen molar-refractivity contribution >= 4 is 0 Å². The summed E-state index contributed by atoms with van der Waals surface area (Å²) in [5, 5.41) is 0. The van der Waals surface area contributed by atoms with Gasteiger partial charge >= 0.3 is 0 Å². The smallest absolute Gasteiger partial charge is 0.248 e. The van der Waals surface area contributed by atoms with Crippen molar-refractivity contribution in [1.82, 2.24) is 4.98 Å². The lowest BCUT2D eigenvalue weighted by Crippen LogP contribution is -2.34. The average molecular weight is 237 g/mol. The van der Waals surface area contributed by atoms with E-state index in [1.807, 2.05) is 6.20 Å². The van der Waals surface area contributed by atoms with Crippen LogP contribution in [0.25, 0.3) is 0 Å². The Morgan fingerprint density at radius 3 is 2.24 bits per heavy atom. The van der Waals surface area contributed by atoms with Crippen LogP contribution < -0.4 is 4.57 Å². The van der Waals surface area contributed by atoms with E-state index in [1.54, 1.807) is 0 Å². The van der Waals surface area contributed by atoms with Crippen LogP contribution in [-0.2, 0) is 13.0 Å². The van der Waals surface area contributed by atoms with Crippen molar-refractivity contribution in [3.05, 3.63) is 18.2 Å². The SMILES string of the molecule is CCCCCCCCCCc1[nH]cc[n+]1CC. The number of H-pyrrole nitrogens is 1. The number of hydrogen-bond donors (Lipinski definition) is 1. The lowest BCUT2D eigenvalue weighted by Gasteiger charge is -2.00. The Morgan fingerprint density at radius 2 is 1.59 bits per heavy atom.